The average Bonchev–Trinajstić information content (AvgIpc) is 2.78. The number of para-hydroxylation sites is 1. The Morgan fingerprint density at radius 2 is 2.16 bits per heavy atom. The van der Waals surface area contributed by atoms with Crippen LogP contribution in [0.25, 0.3) is 10.2 Å². The van der Waals surface area contributed by atoms with E-state index in [1.54, 1.807) is 25.2 Å². The fraction of sp³-hybridized carbons (Fsp3) is 0.429. The van der Waals surface area contributed by atoms with Gasteiger partial charge in [-0.3, -0.25) is 4.79 Å². The van der Waals surface area contributed by atoms with Crippen molar-refractivity contribution >= 4 is 27.5 Å². The number of aromatic nitrogens is 1. The van der Waals surface area contributed by atoms with Crippen LogP contribution in [0.2, 0.25) is 0 Å². The van der Waals surface area contributed by atoms with E-state index in [0.29, 0.717) is 12.8 Å². The smallest absolute Gasteiger partial charge is 0.220 e. The third kappa shape index (κ3) is 3.75. The van der Waals surface area contributed by atoms with Gasteiger partial charge in [-0.25, -0.2) is 4.98 Å². The fourth-order valence-electron chi connectivity index (χ4n) is 1.73. The number of carbonyl (C=O) groups excluding carboxylic acids is 1. The SMILES string of the molecule is CC(C)(CO)NC(=O)CCc1nc2ccccc2s1. The van der Waals surface area contributed by atoms with E-state index in [0.717, 1.165) is 15.2 Å². The molecule has 0 aliphatic carbocycles. The van der Waals surface area contributed by atoms with Crippen molar-refractivity contribution in [3.05, 3.63) is 29.3 Å². The first kappa shape index (κ1) is 14.0. The molecule has 102 valence electrons. The average molecular weight is 278 g/mol. The van der Waals surface area contributed by atoms with Crippen LogP contribution in [0.3, 0.4) is 0 Å². The van der Waals surface area contributed by atoms with E-state index >= 15 is 0 Å². The Balaban J connectivity index is 1.93. The molecule has 0 unspecified atom stereocenters. The molecule has 0 saturated carbocycles. The van der Waals surface area contributed by atoms with Gasteiger partial charge in [-0.05, 0) is 26.0 Å². The Hall–Kier alpha value is -1.46. The van der Waals surface area contributed by atoms with Crippen LogP contribution in [0.4, 0.5) is 0 Å². The molecule has 1 amide bonds. The van der Waals surface area contributed by atoms with Gasteiger partial charge < -0.3 is 10.4 Å². The summed E-state index contributed by atoms with van der Waals surface area (Å²) in [7, 11) is 0. The Morgan fingerprint density at radius 1 is 1.42 bits per heavy atom. The van der Waals surface area contributed by atoms with Crippen LogP contribution in [0.15, 0.2) is 24.3 Å². The summed E-state index contributed by atoms with van der Waals surface area (Å²) in [4.78, 5) is 16.3. The van der Waals surface area contributed by atoms with Crippen molar-refractivity contribution in [2.75, 3.05) is 6.61 Å². The highest BCUT2D eigenvalue weighted by Gasteiger charge is 2.19. The number of aliphatic hydroxyl groups excluding tert-OH is 1. The molecule has 0 radical (unpaired) electrons. The van der Waals surface area contributed by atoms with E-state index in [2.05, 4.69) is 10.3 Å². The molecule has 5 heteroatoms. The zero-order valence-electron chi connectivity index (χ0n) is 11.1. The highest BCUT2D eigenvalue weighted by Crippen LogP contribution is 2.22. The summed E-state index contributed by atoms with van der Waals surface area (Å²) in [6, 6.07) is 7.96. The molecule has 2 aromatic rings. The highest BCUT2D eigenvalue weighted by molar-refractivity contribution is 7.18. The van der Waals surface area contributed by atoms with Crippen LogP contribution in [0.1, 0.15) is 25.3 Å². The number of benzene rings is 1. The molecule has 1 aromatic heterocycles. The van der Waals surface area contributed by atoms with Gasteiger partial charge in [0.05, 0.1) is 27.4 Å². The molecular weight excluding hydrogens is 260 g/mol. The van der Waals surface area contributed by atoms with Gasteiger partial charge in [0, 0.05) is 12.8 Å². The minimum absolute atomic E-state index is 0.0571. The molecule has 0 spiro atoms. The summed E-state index contributed by atoms with van der Waals surface area (Å²) < 4.78 is 1.15. The number of nitrogens with zero attached hydrogens (tertiary/aromatic N) is 1. The van der Waals surface area contributed by atoms with E-state index in [1.807, 2.05) is 24.3 Å². The van der Waals surface area contributed by atoms with E-state index in [4.69, 9.17) is 5.11 Å². The number of rotatable bonds is 5. The molecule has 19 heavy (non-hydrogen) atoms. The number of fused-ring (bicyclic) bond motifs is 1. The second-order valence-electron chi connectivity index (χ2n) is 5.17. The number of amides is 1. The van der Waals surface area contributed by atoms with Crippen LogP contribution in [0, 0.1) is 0 Å². The molecule has 0 aliphatic heterocycles. The monoisotopic (exact) mass is 278 g/mol. The second-order valence-corrected chi connectivity index (χ2v) is 6.28. The predicted octanol–water partition coefficient (Wildman–Crippen LogP) is 2.12. The number of aliphatic hydroxyl groups is 1. The van der Waals surface area contributed by atoms with Crippen LogP contribution in [-0.2, 0) is 11.2 Å². The number of hydrogen-bond acceptors (Lipinski definition) is 4. The minimum Gasteiger partial charge on any atom is -0.394 e. The number of carbonyl (C=O) groups is 1. The van der Waals surface area contributed by atoms with Gasteiger partial charge in [0.2, 0.25) is 5.91 Å². The number of nitrogens with one attached hydrogen (secondary N) is 1. The molecule has 1 aromatic carbocycles. The van der Waals surface area contributed by atoms with Gasteiger partial charge in [-0.1, -0.05) is 12.1 Å². The fourth-order valence-corrected chi connectivity index (χ4v) is 2.69. The molecule has 0 bridgehead atoms. The van der Waals surface area contributed by atoms with Gasteiger partial charge in [-0.15, -0.1) is 11.3 Å². The molecule has 0 atom stereocenters. The van der Waals surface area contributed by atoms with Crippen molar-refractivity contribution in [3.63, 3.8) is 0 Å². The normalized spacial score (nSPS) is 11.7. The Labute approximate surface area is 116 Å². The van der Waals surface area contributed by atoms with E-state index < -0.39 is 5.54 Å². The van der Waals surface area contributed by atoms with Gasteiger partial charge >= 0.3 is 0 Å². The molecule has 0 fully saturated rings. The summed E-state index contributed by atoms with van der Waals surface area (Å²) in [5.41, 5.74) is 0.420. The lowest BCUT2D eigenvalue weighted by Gasteiger charge is -2.23. The van der Waals surface area contributed by atoms with Crippen LogP contribution >= 0.6 is 11.3 Å². The van der Waals surface area contributed by atoms with Crippen molar-refractivity contribution in [2.24, 2.45) is 0 Å². The van der Waals surface area contributed by atoms with E-state index in [9.17, 15) is 4.79 Å². The molecule has 0 aliphatic rings. The Morgan fingerprint density at radius 3 is 2.84 bits per heavy atom. The molecule has 0 saturated heterocycles. The van der Waals surface area contributed by atoms with Gasteiger partial charge in [0.1, 0.15) is 0 Å². The molecule has 1 heterocycles. The molecule has 2 rings (SSSR count). The standard InChI is InChI=1S/C14H18N2O2S/c1-14(2,9-17)16-12(18)7-8-13-15-10-5-3-4-6-11(10)19-13/h3-6,17H,7-9H2,1-2H3,(H,16,18). The predicted molar refractivity (Wildman–Crippen MR) is 77.2 cm³/mol. The summed E-state index contributed by atoms with van der Waals surface area (Å²) >= 11 is 1.62. The Kier molecular flexibility index (Phi) is 4.17. The summed E-state index contributed by atoms with van der Waals surface area (Å²) in [5, 5.41) is 12.9. The first-order valence-electron chi connectivity index (χ1n) is 6.26. The van der Waals surface area contributed by atoms with Gasteiger partial charge in [-0.2, -0.15) is 0 Å². The van der Waals surface area contributed by atoms with Gasteiger partial charge in [0.25, 0.3) is 0 Å². The molecular formula is C14H18N2O2S. The topological polar surface area (TPSA) is 62.2 Å². The maximum atomic E-state index is 11.8. The van der Waals surface area contributed by atoms with E-state index in [-0.39, 0.29) is 12.5 Å². The number of thiazole rings is 1. The summed E-state index contributed by atoms with van der Waals surface area (Å²) in [6.07, 6.45) is 1.02. The van der Waals surface area contributed by atoms with E-state index in [1.165, 1.54) is 0 Å². The highest BCUT2D eigenvalue weighted by atomic mass is 32.1. The summed E-state index contributed by atoms with van der Waals surface area (Å²) in [5.74, 6) is -0.0571. The lowest BCUT2D eigenvalue weighted by molar-refractivity contribution is -0.123. The van der Waals surface area contributed by atoms with Crippen molar-refractivity contribution < 1.29 is 9.90 Å². The van der Waals surface area contributed by atoms with Gasteiger partial charge in [0.15, 0.2) is 0 Å². The lowest BCUT2D eigenvalue weighted by atomic mass is 10.1. The quantitative estimate of drug-likeness (QED) is 0.880. The lowest BCUT2D eigenvalue weighted by Crippen LogP contribution is -2.46. The van der Waals surface area contributed by atoms with Crippen molar-refractivity contribution in [1.29, 1.82) is 0 Å². The van der Waals surface area contributed by atoms with Crippen LogP contribution in [-0.4, -0.2) is 28.1 Å². The van der Waals surface area contributed by atoms with Crippen molar-refractivity contribution in [3.8, 4) is 0 Å². The zero-order chi connectivity index (χ0) is 13.9. The van der Waals surface area contributed by atoms with Crippen molar-refractivity contribution in [2.45, 2.75) is 32.2 Å². The van der Waals surface area contributed by atoms with Crippen LogP contribution < -0.4 is 5.32 Å². The maximum Gasteiger partial charge on any atom is 0.220 e. The maximum absolute atomic E-state index is 11.8. The summed E-state index contributed by atoms with van der Waals surface area (Å²) in [6.45, 7) is 3.52. The van der Waals surface area contributed by atoms with Crippen LogP contribution in [0.5, 0.6) is 0 Å². The first-order valence-corrected chi connectivity index (χ1v) is 7.08. The third-order valence-corrected chi connectivity index (χ3v) is 3.87. The minimum atomic E-state index is -0.565. The third-order valence-electron chi connectivity index (χ3n) is 2.78. The zero-order valence-corrected chi connectivity index (χ0v) is 12.0. The second kappa shape index (κ2) is 5.67. The molecule has 4 nitrogen and oxygen atoms in total. The Bertz CT molecular complexity index is 545. The number of hydrogen-bond donors (Lipinski definition) is 2. The number of aryl methyl sites for hydroxylation is 1. The first-order chi connectivity index (χ1) is 9.00. The van der Waals surface area contributed by atoms with Crippen molar-refractivity contribution in [1.82, 2.24) is 10.3 Å². The largest absolute Gasteiger partial charge is 0.394 e. The molecule has 2 N–H and O–H groups in total.